The number of aromatic nitrogens is 1. The van der Waals surface area contributed by atoms with Crippen LogP contribution in [0.1, 0.15) is 26.4 Å². The summed E-state index contributed by atoms with van der Waals surface area (Å²) < 4.78 is 1.81. The van der Waals surface area contributed by atoms with Crippen molar-refractivity contribution in [1.29, 1.82) is 0 Å². The molecule has 4 aromatic rings. The van der Waals surface area contributed by atoms with Crippen molar-refractivity contribution in [1.82, 2.24) is 4.40 Å². The number of ketones is 1. The van der Waals surface area contributed by atoms with Crippen molar-refractivity contribution < 1.29 is 9.59 Å². The molecule has 0 saturated heterocycles. The summed E-state index contributed by atoms with van der Waals surface area (Å²) in [6.45, 7) is 0. The molecule has 0 amide bonds. The number of pyridine rings is 1. The van der Waals surface area contributed by atoms with E-state index in [1.807, 2.05) is 72.9 Å². The molecule has 0 spiro atoms. The molecule has 0 saturated carbocycles. The molecule has 3 heteroatoms. The Balaban J connectivity index is 2.09. The van der Waals surface area contributed by atoms with Gasteiger partial charge in [-0.05, 0) is 17.7 Å². The number of rotatable bonds is 4. The molecule has 2 aromatic carbocycles. The van der Waals surface area contributed by atoms with E-state index in [9.17, 15) is 9.59 Å². The van der Waals surface area contributed by atoms with Gasteiger partial charge >= 0.3 is 0 Å². The normalized spacial score (nSPS) is 10.7. The minimum atomic E-state index is -0.103. The lowest BCUT2D eigenvalue weighted by atomic mass is 9.97. The maximum absolute atomic E-state index is 13.2. The number of fused-ring (bicyclic) bond motifs is 1. The summed E-state index contributed by atoms with van der Waals surface area (Å²) in [7, 11) is 0. The standard InChI is InChI=1S/C22H15NO2/c24-15-18-19-13-7-8-14-23(19)21(20(18)16-9-3-1-4-10-16)22(25)17-11-5-2-6-12-17/h1-15H. The van der Waals surface area contributed by atoms with E-state index in [4.69, 9.17) is 0 Å². The summed E-state index contributed by atoms with van der Waals surface area (Å²) in [6.07, 6.45) is 2.66. The summed E-state index contributed by atoms with van der Waals surface area (Å²) in [6, 6.07) is 24.3. The van der Waals surface area contributed by atoms with Crippen LogP contribution in [0, 0.1) is 0 Å². The predicted molar refractivity (Wildman–Crippen MR) is 98.1 cm³/mol. The fourth-order valence-corrected chi connectivity index (χ4v) is 3.20. The number of benzene rings is 2. The van der Waals surface area contributed by atoms with Gasteiger partial charge in [-0.1, -0.05) is 66.7 Å². The zero-order valence-corrected chi connectivity index (χ0v) is 13.4. The lowest BCUT2D eigenvalue weighted by Gasteiger charge is -2.07. The number of nitrogens with zero attached hydrogens (tertiary/aromatic N) is 1. The van der Waals surface area contributed by atoms with Crippen LogP contribution in [0.25, 0.3) is 16.6 Å². The van der Waals surface area contributed by atoms with Gasteiger partial charge in [0.15, 0.2) is 6.29 Å². The number of hydrogen-bond acceptors (Lipinski definition) is 2. The van der Waals surface area contributed by atoms with Crippen LogP contribution in [-0.4, -0.2) is 16.5 Å². The van der Waals surface area contributed by atoms with Crippen LogP contribution in [0.3, 0.4) is 0 Å². The maximum Gasteiger partial charge on any atom is 0.210 e. The highest BCUT2D eigenvalue weighted by atomic mass is 16.1. The average molecular weight is 325 g/mol. The first-order chi connectivity index (χ1) is 12.3. The van der Waals surface area contributed by atoms with Crippen molar-refractivity contribution in [2.24, 2.45) is 0 Å². The summed E-state index contributed by atoms with van der Waals surface area (Å²) in [5, 5.41) is 0. The molecule has 0 aliphatic rings. The fourth-order valence-electron chi connectivity index (χ4n) is 3.20. The minimum Gasteiger partial charge on any atom is -0.312 e. The van der Waals surface area contributed by atoms with Crippen LogP contribution in [0.4, 0.5) is 0 Å². The Bertz CT molecular complexity index is 1060. The lowest BCUT2D eigenvalue weighted by Crippen LogP contribution is -2.06. The molecule has 0 unspecified atom stereocenters. The van der Waals surface area contributed by atoms with E-state index in [2.05, 4.69) is 0 Å². The first-order valence-corrected chi connectivity index (χ1v) is 8.04. The smallest absolute Gasteiger partial charge is 0.210 e. The van der Waals surface area contributed by atoms with Crippen LogP contribution in [0.5, 0.6) is 0 Å². The SMILES string of the molecule is O=Cc1c(-c2ccccc2)c(C(=O)c2ccccc2)n2ccccc12. The highest BCUT2D eigenvalue weighted by Crippen LogP contribution is 2.33. The zero-order valence-electron chi connectivity index (χ0n) is 13.4. The third-order valence-electron chi connectivity index (χ3n) is 4.31. The molecule has 0 aliphatic heterocycles. The van der Waals surface area contributed by atoms with Gasteiger partial charge in [0.05, 0.1) is 5.52 Å². The molecular formula is C22H15NO2. The van der Waals surface area contributed by atoms with E-state index in [0.29, 0.717) is 22.4 Å². The predicted octanol–water partition coefficient (Wildman–Crippen LogP) is 4.65. The van der Waals surface area contributed by atoms with Gasteiger partial charge in [-0.2, -0.15) is 0 Å². The number of aldehydes is 1. The van der Waals surface area contributed by atoms with Gasteiger partial charge in [-0.3, -0.25) is 9.59 Å². The number of hydrogen-bond donors (Lipinski definition) is 0. The van der Waals surface area contributed by atoms with Crippen LogP contribution < -0.4 is 0 Å². The fraction of sp³-hybridized carbons (Fsp3) is 0. The largest absolute Gasteiger partial charge is 0.312 e. The third kappa shape index (κ3) is 2.46. The van der Waals surface area contributed by atoms with E-state index < -0.39 is 0 Å². The Morgan fingerprint density at radius 1 is 0.800 bits per heavy atom. The summed E-state index contributed by atoms with van der Waals surface area (Å²) in [5.74, 6) is -0.103. The van der Waals surface area contributed by atoms with Crippen molar-refractivity contribution >= 4 is 17.6 Å². The van der Waals surface area contributed by atoms with Gasteiger partial charge in [0, 0.05) is 22.9 Å². The van der Waals surface area contributed by atoms with Crippen molar-refractivity contribution in [3.05, 3.63) is 102 Å². The molecule has 3 nitrogen and oxygen atoms in total. The van der Waals surface area contributed by atoms with Crippen LogP contribution in [0.15, 0.2) is 85.1 Å². The molecule has 0 radical (unpaired) electrons. The quantitative estimate of drug-likeness (QED) is 0.405. The second-order valence-electron chi connectivity index (χ2n) is 5.77. The van der Waals surface area contributed by atoms with E-state index in [-0.39, 0.29) is 5.78 Å². The summed E-state index contributed by atoms with van der Waals surface area (Å²) in [4.78, 5) is 25.1. The van der Waals surface area contributed by atoms with E-state index in [1.54, 1.807) is 16.5 Å². The first-order valence-electron chi connectivity index (χ1n) is 8.04. The van der Waals surface area contributed by atoms with Gasteiger partial charge in [0.25, 0.3) is 0 Å². The Hall–Kier alpha value is -3.46. The van der Waals surface area contributed by atoms with Crippen molar-refractivity contribution in [2.45, 2.75) is 0 Å². The number of carbonyl (C=O) groups excluding carboxylic acids is 2. The number of carbonyl (C=O) groups is 2. The first kappa shape index (κ1) is 15.1. The van der Waals surface area contributed by atoms with E-state index >= 15 is 0 Å². The monoisotopic (exact) mass is 325 g/mol. The highest BCUT2D eigenvalue weighted by molar-refractivity contribution is 6.16. The minimum absolute atomic E-state index is 0.103. The molecular weight excluding hydrogens is 310 g/mol. The van der Waals surface area contributed by atoms with Crippen molar-refractivity contribution in [3.63, 3.8) is 0 Å². The highest BCUT2D eigenvalue weighted by Gasteiger charge is 2.24. The van der Waals surface area contributed by atoms with Crippen molar-refractivity contribution in [3.8, 4) is 11.1 Å². The lowest BCUT2D eigenvalue weighted by molar-refractivity contribution is 0.103. The Morgan fingerprint density at radius 3 is 2.12 bits per heavy atom. The molecule has 2 aromatic heterocycles. The molecule has 4 rings (SSSR count). The Kier molecular flexibility index (Phi) is 3.75. The zero-order chi connectivity index (χ0) is 17.2. The van der Waals surface area contributed by atoms with Gasteiger partial charge in [-0.25, -0.2) is 0 Å². The van der Waals surface area contributed by atoms with Gasteiger partial charge < -0.3 is 4.40 Å². The topological polar surface area (TPSA) is 38.5 Å². The van der Waals surface area contributed by atoms with Gasteiger partial charge in [-0.15, -0.1) is 0 Å². The van der Waals surface area contributed by atoms with E-state index in [0.717, 1.165) is 17.4 Å². The molecule has 0 fully saturated rings. The second-order valence-corrected chi connectivity index (χ2v) is 5.77. The Morgan fingerprint density at radius 2 is 1.44 bits per heavy atom. The molecule has 0 atom stereocenters. The molecule has 120 valence electrons. The van der Waals surface area contributed by atoms with Gasteiger partial charge in [0.1, 0.15) is 5.69 Å². The second kappa shape index (κ2) is 6.21. The molecule has 0 bridgehead atoms. The average Bonchev–Trinajstić information content (AvgIpc) is 3.03. The molecule has 0 aliphatic carbocycles. The maximum atomic E-state index is 13.2. The van der Waals surface area contributed by atoms with E-state index in [1.165, 1.54) is 0 Å². The van der Waals surface area contributed by atoms with Crippen LogP contribution in [0.2, 0.25) is 0 Å². The summed E-state index contributed by atoms with van der Waals surface area (Å²) >= 11 is 0. The Labute approximate surface area is 145 Å². The summed E-state index contributed by atoms with van der Waals surface area (Å²) in [5.41, 5.74) is 3.90. The van der Waals surface area contributed by atoms with Gasteiger partial charge in [0.2, 0.25) is 5.78 Å². The molecule has 0 N–H and O–H groups in total. The van der Waals surface area contributed by atoms with Crippen LogP contribution >= 0.6 is 0 Å². The van der Waals surface area contributed by atoms with Crippen LogP contribution in [-0.2, 0) is 0 Å². The third-order valence-corrected chi connectivity index (χ3v) is 4.31. The van der Waals surface area contributed by atoms with Crippen molar-refractivity contribution in [2.75, 3.05) is 0 Å². The molecule has 25 heavy (non-hydrogen) atoms. The molecule has 2 heterocycles.